The summed E-state index contributed by atoms with van der Waals surface area (Å²) in [5.41, 5.74) is 27.8. The van der Waals surface area contributed by atoms with E-state index in [4.69, 9.17) is 34.5 Å². The average molecular weight is 1670 g/mol. The average Bonchev–Trinajstić information content (AvgIpc) is 1.69. The number of nitrogens with two attached hydrogens (primary N) is 4. The predicted octanol–water partition coefficient (Wildman–Crippen LogP) is 17.5. The van der Waals surface area contributed by atoms with Crippen molar-refractivity contribution in [2.75, 3.05) is 44.2 Å². The van der Waals surface area contributed by atoms with Gasteiger partial charge in [-0.05, 0) is 131 Å². The minimum Gasteiger partial charge on any atom is -0.435 e. The summed E-state index contributed by atoms with van der Waals surface area (Å²) >= 11 is 6.04. The van der Waals surface area contributed by atoms with Crippen LogP contribution in [0.2, 0.25) is 5.02 Å². The number of halogens is 16. The van der Waals surface area contributed by atoms with Crippen LogP contribution < -0.4 is 58.4 Å². The van der Waals surface area contributed by atoms with Crippen LogP contribution in [0.15, 0.2) is 170 Å². The number of alkyl halides is 9. The number of hydrogen-bond acceptors (Lipinski definition) is 24. The molecule has 16 rings (SSSR count). The van der Waals surface area contributed by atoms with Gasteiger partial charge in [0.25, 0.3) is 0 Å². The third kappa shape index (κ3) is 19.5. The standard InChI is InChI=1S/C19H15ClF2N6O.C19H13F5N6O.C19H14F4N6O.C18H13F4N7/c1-10-24-14-8-11(20)2-7-15(14)28(10)19-26-16(23)9-17(27-19)25-12-3-5-13(6-4-12)29-18(21)22;1-8-26-13-5-10(20)11(21)6-14(13)30(8)19-28-16(25)7-17(29-19)27-9-2-3-15(12(22)4-9)31-18(23)24;1-9-25-14-6-12(20)13(21)7-15(14)29(9)19-27-16(24)8-17(28-19)26-10-2-4-11(5-3-10)30-18(22)23;1-9-15(29-8-11(19)7-24-17(29)25-9)16-27-13(23)6-14(28-16)26-12-4-2-10(3-5-12)18(20,21)22/h2-9,18H,1H3,(H3,23,25,26,27);2-7,18H,1H3,(H3,25,27,28,29);2-8,18H,1H3,(H3,24,26,27,28);2-8H,1H3,(H3,23,26,27,28). The maximum absolute atomic E-state index is 14.0. The lowest BCUT2D eigenvalue weighted by Crippen LogP contribution is -2.08. The molecule has 7 aromatic carbocycles. The molecule has 9 heterocycles. The number of aromatic nitrogens is 17. The SMILES string of the molecule is Cc1nc2cc(Cl)ccc2n1-c1nc(N)cc(Nc2ccc(OC(F)F)cc2)n1.Cc1nc2cc(F)c(F)cc2n1-c1nc(N)cc(Nc2ccc(OC(F)F)c(F)c2)n1.Cc1nc2cc(F)c(F)cc2n1-c1nc(N)cc(Nc2ccc(OC(F)F)cc2)n1.Cc1nc2ncc(F)cn2c1-c1nc(N)cc(Nc2ccc(C(F)(F)F)cc2)n1. The van der Waals surface area contributed by atoms with Crippen molar-refractivity contribution >= 4 is 120 Å². The zero-order valence-electron chi connectivity index (χ0n) is 61.1. The highest BCUT2D eigenvalue weighted by Crippen LogP contribution is 2.35. The van der Waals surface area contributed by atoms with Crippen LogP contribution >= 0.6 is 11.6 Å². The van der Waals surface area contributed by atoms with Gasteiger partial charge in [-0.3, -0.25) is 18.1 Å². The molecule has 0 aliphatic rings. The number of aryl methyl sites for hydroxylation is 4. The lowest BCUT2D eigenvalue weighted by Gasteiger charge is -2.12. The number of nitrogen functional groups attached to an aromatic ring is 4. The van der Waals surface area contributed by atoms with E-state index in [2.05, 4.69) is 100 Å². The highest BCUT2D eigenvalue weighted by molar-refractivity contribution is 6.31. The summed E-state index contributed by atoms with van der Waals surface area (Å²) in [6.45, 7) is -2.21. The monoisotopic (exact) mass is 1670 g/mol. The molecule has 0 radical (unpaired) electrons. The molecule has 0 fully saturated rings. The zero-order valence-corrected chi connectivity index (χ0v) is 61.8. The number of anilines is 12. The van der Waals surface area contributed by atoms with Gasteiger partial charge in [0.1, 0.15) is 81.2 Å². The second kappa shape index (κ2) is 34.2. The maximum atomic E-state index is 14.0. The Labute approximate surface area is 663 Å². The molecule has 0 bridgehead atoms. The minimum absolute atomic E-state index is 0.00614. The Balaban J connectivity index is 0.000000137. The molecule has 0 aliphatic carbocycles. The molecule has 0 atom stereocenters. The van der Waals surface area contributed by atoms with Gasteiger partial charge in [0.2, 0.25) is 23.6 Å². The minimum atomic E-state index is -4.42. The van der Waals surface area contributed by atoms with Crippen LogP contribution in [0.3, 0.4) is 0 Å². The van der Waals surface area contributed by atoms with E-state index in [0.717, 1.165) is 60.2 Å². The molecule has 0 saturated heterocycles. The molecule has 119 heavy (non-hydrogen) atoms. The Hall–Kier alpha value is -15.1. The Bertz CT molecular complexity index is 6440. The van der Waals surface area contributed by atoms with E-state index in [1.807, 2.05) is 13.0 Å². The Morgan fingerprint density at radius 3 is 1.23 bits per heavy atom. The van der Waals surface area contributed by atoms with Crippen molar-refractivity contribution < 1.29 is 80.1 Å². The van der Waals surface area contributed by atoms with Gasteiger partial charge in [-0.25, -0.2) is 61.2 Å². The molecule has 44 heteroatoms. The van der Waals surface area contributed by atoms with Gasteiger partial charge in [-0.15, -0.1) is 0 Å². The van der Waals surface area contributed by atoms with Crippen molar-refractivity contribution in [2.24, 2.45) is 0 Å². The van der Waals surface area contributed by atoms with E-state index in [-0.39, 0.29) is 97.7 Å². The van der Waals surface area contributed by atoms with Gasteiger partial charge in [0.05, 0.1) is 56.8 Å². The highest BCUT2D eigenvalue weighted by Gasteiger charge is 2.30. The fourth-order valence-electron chi connectivity index (χ4n) is 11.6. The van der Waals surface area contributed by atoms with Gasteiger partial charge in [0.15, 0.2) is 46.5 Å². The predicted molar refractivity (Wildman–Crippen MR) is 409 cm³/mol. The van der Waals surface area contributed by atoms with Crippen LogP contribution in [0.5, 0.6) is 17.2 Å². The molecule has 610 valence electrons. The molecule has 12 N–H and O–H groups in total. The van der Waals surface area contributed by atoms with E-state index in [1.165, 1.54) is 92.5 Å². The number of ether oxygens (including phenoxy) is 3. The number of benzene rings is 7. The number of nitrogens with one attached hydrogen (secondary N) is 4. The van der Waals surface area contributed by atoms with Crippen LogP contribution in [0, 0.1) is 62.6 Å². The number of nitrogens with zero attached hydrogens (tertiary/aromatic N) is 17. The van der Waals surface area contributed by atoms with Crippen LogP contribution in [0.1, 0.15) is 28.7 Å². The largest absolute Gasteiger partial charge is 0.435 e. The Kier molecular flexibility index (Phi) is 23.5. The first-order chi connectivity index (χ1) is 56.6. The summed E-state index contributed by atoms with van der Waals surface area (Å²) in [6, 6.07) is 34.6. The normalized spacial score (nSPS) is 11.4. The number of rotatable bonds is 18. The first kappa shape index (κ1) is 81.9. The number of imidazole rings is 4. The van der Waals surface area contributed by atoms with Crippen LogP contribution in [-0.2, 0) is 6.18 Å². The van der Waals surface area contributed by atoms with Gasteiger partial charge in [0, 0.05) is 82.4 Å². The topological polar surface area (TPSA) is 367 Å². The van der Waals surface area contributed by atoms with Crippen LogP contribution in [0.25, 0.3) is 68.2 Å². The van der Waals surface area contributed by atoms with Gasteiger partial charge in [-0.1, -0.05) is 11.6 Å². The summed E-state index contributed by atoms with van der Waals surface area (Å²) in [7, 11) is 0. The Morgan fingerprint density at radius 1 is 0.395 bits per heavy atom. The molecule has 0 amide bonds. The van der Waals surface area contributed by atoms with E-state index < -0.39 is 72.2 Å². The third-order valence-electron chi connectivity index (χ3n) is 16.5. The molecule has 0 unspecified atom stereocenters. The smallest absolute Gasteiger partial charge is 0.416 e. The maximum Gasteiger partial charge on any atom is 0.416 e. The molecule has 0 spiro atoms. The van der Waals surface area contributed by atoms with Crippen LogP contribution in [0.4, 0.5) is 135 Å². The van der Waals surface area contributed by atoms with Crippen molar-refractivity contribution in [3.8, 4) is 46.6 Å². The molecule has 16 aromatic rings. The molecular formula is C75H55ClF15N25O3. The fourth-order valence-corrected chi connectivity index (χ4v) is 11.8. The van der Waals surface area contributed by atoms with Crippen molar-refractivity contribution in [1.29, 1.82) is 0 Å². The molecule has 28 nitrogen and oxygen atoms in total. The van der Waals surface area contributed by atoms with Crippen molar-refractivity contribution in [3.05, 3.63) is 239 Å². The summed E-state index contributed by atoms with van der Waals surface area (Å²) in [5.74, 6) is -2.36. The van der Waals surface area contributed by atoms with Crippen molar-refractivity contribution in [3.63, 3.8) is 0 Å². The summed E-state index contributed by atoms with van der Waals surface area (Å²) in [5, 5.41) is 12.3. The molecule has 9 aromatic heterocycles. The second-order valence-electron chi connectivity index (χ2n) is 25.0. The highest BCUT2D eigenvalue weighted by atomic mass is 35.5. The van der Waals surface area contributed by atoms with Gasteiger partial charge in [-0.2, -0.15) is 69.4 Å². The van der Waals surface area contributed by atoms with Gasteiger partial charge < -0.3 is 58.4 Å². The van der Waals surface area contributed by atoms with E-state index >= 15 is 0 Å². The summed E-state index contributed by atoms with van der Waals surface area (Å²) < 4.78 is 213. The first-order valence-electron chi connectivity index (χ1n) is 34.1. The quantitative estimate of drug-likeness (QED) is 0.0370. The first-order valence-corrected chi connectivity index (χ1v) is 34.5. The van der Waals surface area contributed by atoms with Crippen molar-refractivity contribution in [1.82, 2.24) is 82.9 Å². The van der Waals surface area contributed by atoms with Crippen molar-refractivity contribution in [2.45, 2.75) is 53.7 Å². The van der Waals surface area contributed by atoms with E-state index in [9.17, 15) is 65.9 Å². The lowest BCUT2D eigenvalue weighted by atomic mass is 10.2. The molecule has 0 saturated carbocycles. The molecular weight excluding hydrogens is 1620 g/mol. The third-order valence-corrected chi connectivity index (χ3v) is 16.7. The zero-order chi connectivity index (χ0) is 85.0. The second-order valence-corrected chi connectivity index (χ2v) is 25.4. The van der Waals surface area contributed by atoms with Crippen LogP contribution in [-0.4, -0.2) is 103 Å². The van der Waals surface area contributed by atoms with E-state index in [0.29, 0.717) is 74.0 Å². The number of fused-ring (bicyclic) bond motifs is 4. The Morgan fingerprint density at radius 2 is 0.790 bits per heavy atom. The fraction of sp³-hybridized carbons (Fsp3) is 0.107. The van der Waals surface area contributed by atoms with E-state index in [1.54, 1.807) is 55.7 Å². The molecule has 0 aliphatic heterocycles. The number of hydrogen-bond donors (Lipinski definition) is 8. The lowest BCUT2D eigenvalue weighted by molar-refractivity contribution is -0.137. The summed E-state index contributed by atoms with van der Waals surface area (Å²) in [6.07, 6.45) is -2.18. The summed E-state index contributed by atoms with van der Waals surface area (Å²) in [4.78, 5) is 55.2. The van der Waals surface area contributed by atoms with Gasteiger partial charge >= 0.3 is 26.0 Å².